The number of amidine groups is 1. The van der Waals surface area contributed by atoms with Gasteiger partial charge in [0.2, 0.25) is 0 Å². The predicted molar refractivity (Wildman–Crippen MR) is 89.1 cm³/mol. The molecule has 0 spiro atoms. The van der Waals surface area contributed by atoms with E-state index in [4.69, 9.17) is 21.0 Å². The van der Waals surface area contributed by atoms with Gasteiger partial charge in [-0.2, -0.15) is 0 Å². The van der Waals surface area contributed by atoms with Crippen molar-refractivity contribution < 1.29 is 14.4 Å². The number of anilines is 1. The van der Waals surface area contributed by atoms with Crippen LogP contribution >= 0.6 is 0 Å². The first-order valence-corrected chi connectivity index (χ1v) is 7.06. The number of hydrogen-bond acceptors (Lipinski definition) is 5. The molecule has 0 aromatic heterocycles. The number of ether oxygens (including phenoxy) is 1. The molecule has 23 heavy (non-hydrogen) atoms. The monoisotopic (exact) mass is 313 g/mol. The molecule has 6 heteroatoms. The molecule has 0 aliphatic carbocycles. The standard InChI is InChI=1S/C17H19N3O3/c1-11-6-3-4-9-15(11)22-10-16(21)23-20-17(19)13-7-5-8-14(18)12(13)2/h3-9H,10,18H2,1-2H3,(H2,19,20). The molecule has 0 radical (unpaired) electrons. The minimum absolute atomic E-state index is 0.0824. The zero-order valence-electron chi connectivity index (χ0n) is 13.1. The van der Waals surface area contributed by atoms with Crippen molar-refractivity contribution >= 4 is 17.5 Å². The number of nitrogens with zero attached hydrogens (tertiary/aromatic N) is 1. The van der Waals surface area contributed by atoms with Crippen LogP contribution in [0.4, 0.5) is 5.69 Å². The molecule has 0 fully saturated rings. The number of carbonyl (C=O) groups excluding carboxylic acids is 1. The smallest absolute Gasteiger partial charge is 0.372 e. The highest BCUT2D eigenvalue weighted by Crippen LogP contribution is 2.16. The first-order valence-electron chi connectivity index (χ1n) is 7.06. The topological polar surface area (TPSA) is 99.9 Å². The third-order valence-corrected chi connectivity index (χ3v) is 3.34. The molecule has 0 atom stereocenters. The Morgan fingerprint density at radius 3 is 2.61 bits per heavy atom. The van der Waals surface area contributed by atoms with E-state index in [0.29, 0.717) is 17.0 Å². The summed E-state index contributed by atoms with van der Waals surface area (Å²) in [4.78, 5) is 16.5. The van der Waals surface area contributed by atoms with Crippen LogP contribution in [0.1, 0.15) is 16.7 Å². The molecule has 2 aromatic rings. The summed E-state index contributed by atoms with van der Waals surface area (Å²) in [5.74, 6) is 0.0601. The van der Waals surface area contributed by atoms with Gasteiger partial charge < -0.3 is 21.0 Å². The zero-order valence-corrected chi connectivity index (χ0v) is 13.1. The normalized spacial score (nSPS) is 11.1. The third kappa shape index (κ3) is 4.23. The Hall–Kier alpha value is -3.02. The quantitative estimate of drug-likeness (QED) is 0.289. The molecule has 2 aromatic carbocycles. The van der Waals surface area contributed by atoms with Crippen LogP contribution in [0, 0.1) is 13.8 Å². The Bertz CT molecular complexity index is 742. The Balaban J connectivity index is 1.95. The Morgan fingerprint density at radius 2 is 1.87 bits per heavy atom. The number of carbonyl (C=O) groups is 1. The van der Waals surface area contributed by atoms with Crippen molar-refractivity contribution in [3.63, 3.8) is 0 Å². The third-order valence-electron chi connectivity index (χ3n) is 3.34. The van der Waals surface area contributed by atoms with Crippen molar-refractivity contribution in [3.05, 3.63) is 59.2 Å². The van der Waals surface area contributed by atoms with Crippen LogP contribution in [0.2, 0.25) is 0 Å². The van der Waals surface area contributed by atoms with Crippen LogP contribution in [-0.4, -0.2) is 18.4 Å². The van der Waals surface area contributed by atoms with E-state index in [2.05, 4.69) is 5.16 Å². The molecular formula is C17H19N3O3. The highest BCUT2D eigenvalue weighted by Gasteiger charge is 2.09. The second-order valence-electron chi connectivity index (χ2n) is 5.01. The molecule has 6 nitrogen and oxygen atoms in total. The Morgan fingerprint density at radius 1 is 1.13 bits per heavy atom. The maximum absolute atomic E-state index is 11.7. The SMILES string of the molecule is Cc1ccccc1OCC(=O)O/N=C(\N)c1cccc(N)c1C. The molecular weight excluding hydrogens is 294 g/mol. The van der Waals surface area contributed by atoms with Crippen LogP contribution in [0.3, 0.4) is 0 Å². The van der Waals surface area contributed by atoms with Crippen LogP contribution in [-0.2, 0) is 9.63 Å². The van der Waals surface area contributed by atoms with E-state index in [1.54, 1.807) is 24.3 Å². The van der Waals surface area contributed by atoms with E-state index < -0.39 is 5.97 Å². The van der Waals surface area contributed by atoms with Gasteiger partial charge in [0.15, 0.2) is 12.4 Å². The average molecular weight is 313 g/mol. The van der Waals surface area contributed by atoms with E-state index in [-0.39, 0.29) is 12.4 Å². The molecule has 4 N–H and O–H groups in total. The highest BCUT2D eigenvalue weighted by molar-refractivity contribution is 5.99. The van der Waals surface area contributed by atoms with Crippen molar-refractivity contribution in [2.45, 2.75) is 13.8 Å². The van der Waals surface area contributed by atoms with Crippen LogP contribution in [0.5, 0.6) is 5.75 Å². The summed E-state index contributed by atoms with van der Waals surface area (Å²) < 4.78 is 5.37. The number of rotatable bonds is 5. The number of para-hydroxylation sites is 1. The Kier molecular flexibility index (Phi) is 5.19. The van der Waals surface area contributed by atoms with Gasteiger partial charge in [-0.3, -0.25) is 0 Å². The summed E-state index contributed by atoms with van der Waals surface area (Å²) in [6.45, 7) is 3.45. The van der Waals surface area contributed by atoms with Gasteiger partial charge in [-0.1, -0.05) is 35.5 Å². The van der Waals surface area contributed by atoms with Gasteiger partial charge in [0.25, 0.3) is 0 Å². The molecule has 0 heterocycles. The highest BCUT2D eigenvalue weighted by atomic mass is 16.7. The lowest BCUT2D eigenvalue weighted by atomic mass is 10.1. The molecule has 120 valence electrons. The van der Waals surface area contributed by atoms with Crippen molar-refractivity contribution in [2.24, 2.45) is 10.9 Å². The number of oxime groups is 1. The summed E-state index contributed by atoms with van der Waals surface area (Å²) in [7, 11) is 0. The van der Waals surface area contributed by atoms with Gasteiger partial charge in [0.1, 0.15) is 5.75 Å². The fourth-order valence-corrected chi connectivity index (χ4v) is 1.96. The second-order valence-corrected chi connectivity index (χ2v) is 5.01. The summed E-state index contributed by atoms with van der Waals surface area (Å²) >= 11 is 0. The van der Waals surface area contributed by atoms with Gasteiger partial charge in [-0.15, -0.1) is 0 Å². The molecule has 0 saturated heterocycles. The summed E-state index contributed by atoms with van der Waals surface area (Å²) in [5.41, 5.74) is 14.5. The number of nitrogens with two attached hydrogens (primary N) is 2. The van der Waals surface area contributed by atoms with Gasteiger partial charge in [-0.25, -0.2) is 4.79 Å². The van der Waals surface area contributed by atoms with Crippen LogP contribution in [0.15, 0.2) is 47.6 Å². The predicted octanol–water partition coefficient (Wildman–Crippen LogP) is 2.13. The van der Waals surface area contributed by atoms with E-state index in [1.807, 2.05) is 32.0 Å². The van der Waals surface area contributed by atoms with Crippen molar-refractivity contribution in [1.82, 2.24) is 0 Å². The molecule has 0 unspecified atom stereocenters. The molecule has 0 saturated carbocycles. The van der Waals surface area contributed by atoms with Crippen LogP contribution in [0.25, 0.3) is 0 Å². The number of nitrogen functional groups attached to an aromatic ring is 1. The first kappa shape index (κ1) is 16.4. The van der Waals surface area contributed by atoms with Gasteiger partial charge in [-0.05, 0) is 37.1 Å². The summed E-state index contributed by atoms with van der Waals surface area (Å²) in [6, 6.07) is 12.6. The molecule has 0 aliphatic heterocycles. The number of aryl methyl sites for hydroxylation is 1. The maximum Gasteiger partial charge on any atom is 0.372 e. The van der Waals surface area contributed by atoms with E-state index >= 15 is 0 Å². The fraction of sp³-hybridized carbons (Fsp3) is 0.176. The number of benzene rings is 2. The largest absolute Gasteiger partial charge is 0.482 e. The molecule has 0 amide bonds. The summed E-state index contributed by atoms with van der Waals surface area (Å²) in [5, 5.41) is 3.64. The summed E-state index contributed by atoms with van der Waals surface area (Å²) in [6.07, 6.45) is 0. The van der Waals surface area contributed by atoms with E-state index in [1.165, 1.54) is 0 Å². The van der Waals surface area contributed by atoms with Crippen LogP contribution < -0.4 is 16.2 Å². The second kappa shape index (κ2) is 7.31. The molecule has 0 bridgehead atoms. The molecule has 0 aliphatic rings. The van der Waals surface area contributed by atoms with E-state index in [9.17, 15) is 4.79 Å². The minimum atomic E-state index is -0.641. The molecule has 2 rings (SSSR count). The zero-order chi connectivity index (χ0) is 16.8. The van der Waals surface area contributed by atoms with Gasteiger partial charge >= 0.3 is 5.97 Å². The van der Waals surface area contributed by atoms with Crippen molar-refractivity contribution in [1.29, 1.82) is 0 Å². The first-order chi connectivity index (χ1) is 11.0. The minimum Gasteiger partial charge on any atom is -0.482 e. The lowest BCUT2D eigenvalue weighted by Gasteiger charge is -2.08. The van der Waals surface area contributed by atoms with Gasteiger partial charge in [0, 0.05) is 11.3 Å². The van der Waals surface area contributed by atoms with Crippen molar-refractivity contribution in [3.8, 4) is 5.75 Å². The fourth-order valence-electron chi connectivity index (χ4n) is 1.96. The Labute approximate surface area is 134 Å². The van der Waals surface area contributed by atoms with Gasteiger partial charge in [0.05, 0.1) is 0 Å². The number of hydrogen-bond donors (Lipinski definition) is 2. The van der Waals surface area contributed by atoms with E-state index in [0.717, 1.165) is 11.1 Å². The van der Waals surface area contributed by atoms with Crippen molar-refractivity contribution in [2.75, 3.05) is 12.3 Å². The lowest BCUT2D eigenvalue weighted by Crippen LogP contribution is -2.19. The average Bonchev–Trinajstić information content (AvgIpc) is 2.54. The lowest BCUT2D eigenvalue weighted by molar-refractivity contribution is -0.146. The maximum atomic E-state index is 11.7.